The summed E-state index contributed by atoms with van der Waals surface area (Å²) in [4.78, 5) is 24.0. The number of carbonyl (C=O) groups is 2. The van der Waals surface area contributed by atoms with Gasteiger partial charge in [-0.25, -0.2) is 0 Å². The number of nitrogens with one attached hydrogen (secondary N) is 1. The summed E-state index contributed by atoms with van der Waals surface area (Å²) in [6, 6.07) is -0.417. The van der Waals surface area contributed by atoms with Gasteiger partial charge in [0.1, 0.15) is 6.10 Å². The number of amides is 1. The predicted molar refractivity (Wildman–Crippen MR) is 162 cm³/mol. The highest BCUT2D eigenvalue weighted by atomic mass is 32.2. The maximum absolute atomic E-state index is 12.6. The maximum Gasteiger partial charge on any atom is 0.316 e. The zero-order valence-electron chi connectivity index (χ0n) is 25.6. The summed E-state index contributed by atoms with van der Waals surface area (Å²) in [6.07, 6.45) is 16.6. The summed E-state index contributed by atoms with van der Waals surface area (Å²) in [6.45, 7) is 12.5. The lowest BCUT2D eigenvalue weighted by molar-refractivity contribution is -0.148. The molecule has 1 unspecified atom stereocenters. The molecule has 39 heavy (non-hydrogen) atoms. The van der Waals surface area contributed by atoms with Crippen molar-refractivity contribution in [2.24, 2.45) is 52.1 Å². The summed E-state index contributed by atoms with van der Waals surface area (Å²) in [5.41, 5.74) is 7.73. The number of hydrogen-bond donors (Lipinski definition) is 2. The molecule has 6 heteroatoms. The molecule has 0 aromatic heterocycles. The van der Waals surface area contributed by atoms with Crippen LogP contribution in [0.1, 0.15) is 105 Å². The first-order chi connectivity index (χ1) is 18.5. The fraction of sp³-hybridized carbons (Fsp3) is 0.879. The Labute approximate surface area is 242 Å². The Morgan fingerprint density at radius 3 is 2.56 bits per heavy atom. The Kier molecular flexibility index (Phi) is 10.2. The van der Waals surface area contributed by atoms with Gasteiger partial charge in [0, 0.05) is 12.2 Å². The Bertz CT molecular complexity index is 905. The quantitative estimate of drug-likeness (QED) is 0.204. The van der Waals surface area contributed by atoms with Gasteiger partial charge in [-0.15, -0.1) is 11.8 Å². The van der Waals surface area contributed by atoms with Gasteiger partial charge in [0.25, 0.3) is 0 Å². The van der Waals surface area contributed by atoms with Crippen molar-refractivity contribution in [1.82, 2.24) is 5.32 Å². The number of carbonyl (C=O) groups excluding carboxylic acids is 2. The van der Waals surface area contributed by atoms with Crippen LogP contribution in [0.5, 0.6) is 0 Å². The molecule has 0 aromatic rings. The van der Waals surface area contributed by atoms with Gasteiger partial charge >= 0.3 is 5.97 Å². The van der Waals surface area contributed by atoms with Crippen molar-refractivity contribution in [3.8, 4) is 0 Å². The van der Waals surface area contributed by atoms with Gasteiger partial charge in [0.15, 0.2) is 0 Å². The van der Waals surface area contributed by atoms with E-state index < -0.39 is 6.04 Å². The molecule has 0 aromatic carbocycles. The van der Waals surface area contributed by atoms with Crippen LogP contribution in [-0.2, 0) is 14.3 Å². The molecular weight excluding hydrogens is 504 g/mol. The molecule has 4 aliphatic carbocycles. The number of hydrogen-bond acceptors (Lipinski definition) is 5. The van der Waals surface area contributed by atoms with Gasteiger partial charge in [0.05, 0.1) is 11.8 Å². The Balaban J connectivity index is 1.33. The summed E-state index contributed by atoms with van der Waals surface area (Å²) in [7, 11) is 1.71. The monoisotopic (exact) mass is 560 g/mol. The normalized spacial score (nSPS) is 37.3. The van der Waals surface area contributed by atoms with Crippen molar-refractivity contribution >= 4 is 23.6 Å². The Morgan fingerprint density at radius 2 is 1.87 bits per heavy atom. The molecular formula is C33H56N2O3S. The lowest BCUT2D eigenvalue weighted by Crippen LogP contribution is -2.51. The molecule has 222 valence electrons. The molecule has 3 fully saturated rings. The van der Waals surface area contributed by atoms with E-state index in [1.54, 1.807) is 12.6 Å². The highest BCUT2D eigenvalue weighted by Crippen LogP contribution is 2.67. The number of fused-ring (bicyclic) bond motifs is 5. The first-order valence-electron chi connectivity index (χ1n) is 15.9. The number of primary amides is 1. The smallest absolute Gasteiger partial charge is 0.316 e. The molecule has 0 spiro atoms. The van der Waals surface area contributed by atoms with Gasteiger partial charge < -0.3 is 15.8 Å². The minimum absolute atomic E-state index is 0.0124. The van der Waals surface area contributed by atoms with Crippen molar-refractivity contribution in [2.45, 2.75) is 117 Å². The fourth-order valence-electron chi connectivity index (χ4n) is 9.54. The van der Waals surface area contributed by atoms with Crippen LogP contribution < -0.4 is 11.1 Å². The first kappa shape index (κ1) is 30.9. The van der Waals surface area contributed by atoms with Crippen molar-refractivity contribution in [3.63, 3.8) is 0 Å². The van der Waals surface area contributed by atoms with Crippen LogP contribution in [-0.4, -0.2) is 42.6 Å². The number of thioether (sulfide) groups is 1. The number of likely N-dealkylation sites (N-methyl/N-ethyl adjacent to an activating group) is 1. The van der Waals surface area contributed by atoms with Crippen molar-refractivity contribution in [2.75, 3.05) is 18.6 Å². The molecule has 0 aliphatic heterocycles. The average molecular weight is 561 g/mol. The number of rotatable bonds is 12. The van der Waals surface area contributed by atoms with Crippen LogP contribution in [0.2, 0.25) is 0 Å². The molecule has 0 bridgehead atoms. The van der Waals surface area contributed by atoms with Crippen molar-refractivity contribution in [3.05, 3.63) is 11.6 Å². The standard InChI is InChI=1S/C33H56N2O3S/c1-21(2)8-7-9-22(3)26-12-13-27-25-11-10-23-18-24(38-30(36)20-39-19-29(35-6)31(34)37)14-16-32(23,4)28(25)15-17-33(26,27)5/h10,21-22,24-29,35H,7-9,11-20H2,1-6H3,(H2,34,37)/t22-,24?,25+,26-,27+,28+,29+,32+,33-/m1/s1. The van der Waals surface area contributed by atoms with E-state index in [0.29, 0.717) is 11.2 Å². The number of nitrogens with two attached hydrogens (primary N) is 1. The first-order valence-corrected chi connectivity index (χ1v) is 17.1. The van der Waals surface area contributed by atoms with Gasteiger partial charge in [0.2, 0.25) is 5.91 Å². The third-order valence-electron chi connectivity index (χ3n) is 11.8. The van der Waals surface area contributed by atoms with E-state index in [9.17, 15) is 9.59 Å². The van der Waals surface area contributed by atoms with Crippen LogP contribution in [0.25, 0.3) is 0 Å². The molecule has 4 aliphatic rings. The number of allylic oxidation sites excluding steroid dienone is 1. The Morgan fingerprint density at radius 1 is 1.10 bits per heavy atom. The minimum Gasteiger partial charge on any atom is -0.461 e. The molecule has 3 saturated carbocycles. The van der Waals surface area contributed by atoms with Gasteiger partial charge in [-0.3, -0.25) is 9.59 Å². The molecule has 0 saturated heterocycles. The second-order valence-corrected chi connectivity index (χ2v) is 15.4. The number of esters is 1. The molecule has 0 heterocycles. The van der Waals surface area contributed by atoms with Crippen molar-refractivity contribution < 1.29 is 14.3 Å². The van der Waals surface area contributed by atoms with Gasteiger partial charge in [-0.2, -0.15) is 0 Å². The molecule has 0 radical (unpaired) electrons. The SMILES string of the molecule is CN[C@@H](CSCC(=O)OC1CC[C@@]2(C)C(=CC[C@H]3[C@@H]4CC[C@H]([C@H](C)CCCC(C)C)[C@@]4(C)CC[C@@H]32)C1)C(N)=O. The topological polar surface area (TPSA) is 81.4 Å². The number of ether oxygens (including phenoxy) is 1. The largest absolute Gasteiger partial charge is 0.461 e. The third kappa shape index (κ3) is 6.58. The van der Waals surface area contributed by atoms with E-state index >= 15 is 0 Å². The zero-order valence-corrected chi connectivity index (χ0v) is 26.4. The second kappa shape index (κ2) is 12.9. The van der Waals surface area contributed by atoms with Crippen LogP contribution in [0, 0.1) is 46.3 Å². The highest BCUT2D eigenvalue weighted by molar-refractivity contribution is 8.00. The maximum atomic E-state index is 12.6. The molecule has 3 N–H and O–H groups in total. The highest BCUT2D eigenvalue weighted by Gasteiger charge is 2.59. The van der Waals surface area contributed by atoms with Crippen LogP contribution >= 0.6 is 11.8 Å². The second-order valence-electron chi connectivity index (χ2n) is 14.4. The van der Waals surface area contributed by atoms with Gasteiger partial charge in [-0.1, -0.05) is 65.5 Å². The van der Waals surface area contributed by atoms with Gasteiger partial charge in [-0.05, 0) is 98.3 Å². The van der Waals surface area contributed by atoms with E-state index in [4.69, 9.17) is 10.5 Å². The third-order valence-corrected chi connectivity index (χ3v) is 12.8. The zero-order chi connectivity index (χ0) is 28.4. The lowest BCUT2D eigenvalue weighted by atomic mass is 9.47. The minimum atomic E-state index is -0.417. The van der Waals surface area contributed by atoms with E-state index in [1.165, 1.54) is 63.1 Å². The van der Waals surface area contributed by atoms with Crippen LogP contribution in [0.15, 0.2) is 11.6 Å². The molecule has 5 nitrogen and oxygen atoms in total. The van der Waals surface area contributed by atoms with E-state index in [0.717, 1.165) is 54.8 Å². The Hall–Kier alpha value is -1.01. The summed E-state index contributed by atoms with van der Waals surface area (Å²) >= 11 is 1.41. The van der Waals surface area contributed by atoms with E-state index in [1.807, 2.05) is 0 Å². The summed E-state index contributed by atoms with van der Waals surface area (Å²) < 4.78 is 5.93. The summed E-state index contributed by atoms with van der Waals surface area (Å²) in [5, 5.41) is 2.90. The van der Waals surface area contributed by atoms with Crippen LogP contribution in [0.3, 0.4) is 0 Å². The van der Waals surface area contributed by atoms with E-state index in [2.05, 4.69) is 46.0 Å². The molecule has 9 atom stereocenters. The lowest BCUT2D eigenvalue weighted by Gasteiger charge is -2.58. The average Bonchev–Trinajstić information content (AvgIpc) is 3.23. The molecule has 1 amide bonds. The predicted octanol–water partition coefficient (Wildman–Crippen LogP) is 6.75. The van der Waals surface area contributed by atoms with E-state index in [-0.39, 0.29) is 29.1 Å². The fourth-order valence-corrected chi connectivity index (χ4v) is 10.5. The molecule has 4 rings (SSSR count). The summed E-state index contributed by atoms with van der Waals surface area (Å²) in [5.74, 6) is 5.23. The van der Waals surface area contributed by atoms with Crippen molar-refractivity contribution in [1.29, 1.82) is 0 Å². The van der Waals surface area contributed by atoms with Crippen LogP contribution in [0.4, 0.5) is 0 Å².